The number of aromatic carboxylic acids is 1. The second-order valence-corrected chi connectivity index (χ2v) is 5.37. The summed E-state index contributed by atoms with van der Waals surface area (Å²) < 4.78 is 13.7. The molecular formula is C17H16FNO2. The number of halogens is 1. The zero-order valence-electron chi connectivity index (χ0n) is 11.5. The Balaban J connectivity index is 1.67. The van der Waals surface area contributed by atoms with E-state index in [-0.39, 0.29) is 17.4 Å². The first-order chi connectivity index (χ1) is 10.1. The topological polar surface area (TPSA) is 49.3 Å². The van der Waals surface area contributed by atoms with Gasteiger partial charge in [-0.25, -0.2) is 9.18 Å². The van der Waals surface area contributed by atoms with Gasteiger partial charge >= 0.3 is 5.97 Å². The maximum absolute atomic E-state index is 13.7. The van der Waals surface area contributed by atoms with Gasteiger partial charge in [0.15, 0.2) is 0 Å². The molecule has 3 rings (SSSR count). The van der Waals surface area contributed by atoms with Gasteiger partial charge in [0.25, 0.3) is 0 Å². The van der Waals surface area contributed by atoms with Crippen LogP contribution in [0.15, 0.2) is 42.5 Å². The van der Waals surface area contributed by atoms with Gasteiger partial charge in [0.1, 0.15) is 5.82 Å². The second kappa shape index (κ2) is 5.66. The molecule has 4 heteroatoms. The van der Waals surface area contributed by atoms with Gasteiger partial charge in [0, 0.05) is 18.2 Å². The molecule has 0 amide bonds. The highest BCUT2D eigenvalue weighted by atomic mass is 19.1. The number of benzene rings is 2. The van der Waals surface area contributed by atoms with E-state index in [1.807, 2.05) is 12.1 Å². The summed E-state index contributed by atoms with van der Waals surface area (Å²) >= 11 is 0. The first-order valence-corrected chi connectivity index (χ1v) is 6.95. The molecule has 0 bridgehead atoms. The summed E-state index contributed by atoms with van der Waals surface area (Å²) in [6, 6.07) is 12.4. The molecule has 0 atom stereocenters. The number of carboxylic acids is 1. The lowest BCUT2D eigenvalue weighted by Gasteiger charge is -2.12. The molecule has 0 heterocycles. The molecule has 0 spiro atoms. The van der Waals surface area contributed by atoms with E-state index in [2.05, 4.69) is 17.4 Å². The molecule has 1 aliphatic carbocycles. The fourth-order valence-corrected chi connectivity index (χ4v) is 2.80. The monoisotopic (exact) mass is 285 g/mol. The lowest BCUT2D eigenvalue weighted by atomic mass is 10.1. The van der Waals surface area contributed by atoms with Gasteiger partial charge in [-0.3, -0.25) is 0 Å². The van der Waals surface area contributed by atoms with Crippen molar-refractivity contribution in [1.29, 1.82) is 0 Å². The quantitative estimate of drug-likeness (QED) is 0.908. The smallest absolute Gasteiger partial charge is 0.335 e. The summed E-state index contributed by atoms with van der Waals surface area (Å²) in [4.78, 5) is 10.9. The Morgan fingerprint density at radius 1 is 1.19 bits per heavy atom. The molecule has 1 aliphatic rings. The minimum Gasteiger partial charge on any atom is -0.478 e. The van der Waals surface area contributed by atoms with Crippen molar-refractivity contribution < 1.29 is 14.3 Å². The lowest BCUT2D eigenvalue weighted by Crippen LogP contribution is -2.29. The number of hydrogen-bond donors (Lipinski definition) is 2. The number of carbonyl (C=O) groups is 1. The lowest BCUT2D eigenvalue weighted by molar-refractivity contribution is 0.0696. The van der Waals surface area contributed by atoms with E-state index >= 15 is 0 Å². The minimum atomic E-state index is -1.04. The van der Waals surface area contributed by atoms with Crippen molar-refractivity contribution in [2.45, 2.75) is 25.4 Å². The number of hydrogen-bond acceptors (Lipinski definition) is 2. The molecular weight excluding hydrogens is 269 g/mol. The highest BCUT2D eigenvalue weighted by molar-refractivity contribution is 5.87. The van der Waals surface area contributed by atoms with Crippen LogP contribution in [0.25, 0.3) is 0 Å². The van der Waals surface area contributed by atoms with Gasteiger partial charge < -0.3 is 10.4 Å². The fourth-order valence-electron chi connectivity index (χ4n) is 2.80. The molecule has 0 aromatic heterocycles. The molecule has 0 radical (unpaired) electrons. The van der Waals surface area contributed by atoms with Crippen molar-refractivity contribution in [3.8, 4) is 0 Å². The highest BCUT2D eigenvalue weighted by Crippen LogP contribution is 2.22. The number of carboxylic acid groups (broad SMARTS) is 1. The van der Waals surface area contributed by atoms with Crippen LogP contribution >= 0.6 is 0 Å². The Kier molecular flexibility index (Phi) is 3.71. The average Bonchev–Trinajstić information content (AvgIpc) is 2.89. The van der Waals surface area contributed by atoms with Crippen molar-refractivity contribution in [3.63, 3.8) is 0 Å². The Labute approximate surface area is 122 Å². The summed E-state index contributed by atoms with van der Waals surface area (Å²) in [6.07, 6.45) is 1.85. The van der Waals surface area contributed by atoms with Crippen LogP contribution < -0.4 is 5.32 Å². The third kappa shape index (κ3) is 2.95. The van der Waals surface area contributed by atoms with E-state index in [9.17, 15) is 9.18 Å². The number of nitrogens with one attached hydrogen (secondary N) is 1. The van der Waals surface area contributed by atoms with Gasteiger partial charge in [0.2, 0.25) is 0 Å². The first-order valence-electron chi connectivity index (χ1n) is 6.95. The highest BCUT2D eigenvalue weighted by Gasteiger charge is 2.20. The summed E-state index contributed by atoms with van der Waals surface area (Å²) in [5.74, 6) is -1.41. The van der Waals surface area contributed by atoms with Gasteiger partial charge in [-0.15, -0.1) is 0 Å². The van der Waals surface area contributed by atoms with Crippen LogP contribution in [-0.4, -0.2) is 17.1 Å². The summed E-state index contributed by atoms with van der Waals surface area (Å²) in [5.41, 5.74) is 3.17. The van der Waals surface area contributed by atoms with Crippen LogP contribution in [0.5, 0.6) is 0 Å². The third-order valence-corrected chi connectivity index (χ3v) is 3.92. The van der Waals surface area contributed by atoms with Crippen molar-refractivity contribution in [2.24, 2.45) is 0 Å². The van der Waals surface area contributed by atoms with E-state index in [0.29, 0.717) is 12.1 Å². The van der Waals surface area contributed by atoms with Gasteiger partial charge in [-0.1, -0.05) is 24.3 Å². The number of rotatable bonds is 4. The molecule has 0 fully saturated rings. The predicted octanol–water partition coefficient (Wildman–Crippen LogP) is 2.78. The minimum absolute atomic E-state index is 0.114. The molecule has 2 N–H and O–H groups in total. The first kappa shape index (κ1) is 13.8. The Morgan fingerprint density at radius 3 is 2.48 bits per heavy atom. The van der Waals surface area contributed by atoms with Crippen molar-refractivity contribution in [3.05, 3.63) is 70.5 Å². The third-order valence-electron chi connectivity index (χ3n) is 3.92. The molecule has 3 nitrogen and oxygen atoms in total. The number of fused-ring (bicyclic) bond motifs is 1. The molecule has 2 aromatic rings. The zero-order chi connectivity index (χ0) is 14.8. The SMILES string of the molecule is O=C(O)c1ccc(F)c(CNC2Cc3ccccc3C2)c1. The van der Waals surface area contributed by atoms with E-state index < -0.39 is 5.97 Å². The van der Waals surface area contributed by atoms with Gasteiger partial charge in [-0.2, -0.15) is 0 Å². The molecule has 0 saturated carbocycles. The Morgan fingerprint density at radius 2 is 1.86 bits per heavy atom. The maximum Gasteiger partial charge on any atom is 0.335 e. The Hall–Kier alpha value is -2.20. The van der Waals surface area contributed by atoms with E-state index in [1.54, 1.807) is 0 Å². The zero-order valence-corrected chi connectivity index (χ0v) is 11.5. The van der Waals surface area contributed by atoms with Crippen molar-refractivity contribution in [1.82, 2.24) is 5.32 Å². The van der Waals surface area contributed by atoms with E-state index in [4.69, 9.17) is 5.11 Å². The van der Waals surface area contributed by atoms with Crippen LogP contribution in [0, 0.1) is 5.82 Å². The van der Waals surface area contributed by atoms with Crippen molar-refractivity contribution in [2.75, 3.05) is 0 Å². The second-order valence-electron chi connectivity index (χ2n) is 5.37. The van der Waals surface area contributed by atoms with Crippen LogP contribution in [0.2, 0.25) is 0 Å². The predicted molar refractivity (Wildman–Crippen MR) is 77.8 cm³/mol. The molecule has 0 saturated heterocycles. The molecule has 2 aromatic carbocycles. The van der Waals surface area contributed by atoms with E-state index in [0.717, 1.165) is 12.8 Å². The van der Waals surface area contributed by atoms with Crippen LogP contribution in [-0.2, 0) is 19.4 Å². The van der Waals surface area contributed by atoms with Crippen LogP contribution in [0.3, 0.4) is 0 Å². The summed E-state index contributed by atoms with van der Waals surface area (Å²) in [7, 11) is 0. The molecule has 108 valence electrons. The Bertz CT molecular complexity index is 659. The van der Waals surface area contributed by atoms with Crippen LogP contribution in [0.1, 0.15) is 27.0 Å². The van der Waals surface area contributed by atoms with Gasteiger partial charge in [-0.05, 0) is 42.2 Å². The summed E-state index contributed by atoms with van der Waals surface area (Å²) in [6.45, 7) is 0.339. The standard InChI is InChI=1S/C17H16FNO2/c18-16-6-5-13(17(20)21)7-14(16)10-19-15-8-11-3-1-2-4-12(11)9-15/h1-7,15,19H,8-10H2,(H,20,21). The fraction of sp³-hybridized carbons (Fsp3) is 0.235. The maximum atomic E-state index is 13.7. The average molecular weight is 285 g/mol. The largest absolute Gasteiger partial charge is 0.478 e. The van der Waals surface area contributed by atoms with Crippen molar-refractivity contribution >= 4 is 5.97 Å². The molecule has 0 aliphatic heterocycles. The van der Waals surface area contributed by atoms with Crippen LogP contribution in [0.4, 0.5) is 4.39 Å². The van der Waals surface area contributed by atoms with E-state index in [1.165, 1.54) is 29.3 Å². The normalized spacial score (nSPS) is 14.1. The molecule has 0 unspecified atom stereocenters. The van der Waals surface area contributed by atoms with Gasteiger partial charge in [0.05, 0.1) is 5.56 Å². The summed E-state index contributed by atoms with van der Waals surface area (Å²) in [5, 5.41) is 12.3. The molecule has 21 heavy (non-hydrogen) atoms.